The summed E-state index contributed by atoms with van der Waals surface area (Å²) in [7, 11) is 0. The topological polar surface area (TPSA) is 83.4 Å². The van der Waals surface area contributed by atoms with Gasteiger partial charge in [0.2, 0.25) is 0 Å². The number of aromatic nitrogens is 3. The van der Waals surface area contributed by atoms with Gasteiger partial charge in [-0.1, -0.05) is 19.9 Å². The number of anilines is 1. The van der Waals surface area contributed by atoms with E-state index in [0.717, 1.165) is 33.9 Å². The summed E-state index contributed by atoms with van der Waals surface area (Å²) >= 11 is 0. The molecule has 1 aliphatic heterocycles. The van der Waals surface area contributed by atoms with Crippen LogP contribution in [0, 0.1) is 19.8 Å². The van der Waals surface area contributed by atoms with Crippen LogP contribution in [0.25, 0.3) is 11.3 Å². The summed E-state index contributed by atoms with van der Waals surface area (Å²) in [6, 6.07) is 9.84. The number of rotatable bonds is 6. The summed E-state index contributed by atoms with van der Waals surface area (Å²) < 4.78 is 0. The standard InChI is InChI=1S/C26H28N6O/c1-17(2)25-16-32(8-7-27-25)23-10-20(24-6-5-18(3)12-30-24)9-21(11-23)26(33)31-15-22-14-28-19(4)13-29-22/h5-7,9-14,16-17H,8,15H2,1-4H3,(H,31,33). The van der Waals surface area contributed by atoms with E-state index in [1.54, 1.807) is 12.4 Å². The van der Waals surface area contributed by atoms with Crippen LogP contribution in [-0.2, 0) is 6.54 Å². The van der Waals surface area contributed by atoms with Crippen molar-refractivity contribution < 1.29 is 4.79 Å². The molecule has 168 valence electrons. The van der Waals surface area contributed by atoms with E-state index < -0.39 is 0 Å². The lowest BCUT2D eigenvalue weighted by Crippen LogP contribution is -2.26. The fraction of sp³-hybridized carbons (Fsp3) is 0.269. The minimum Gasteiger partial charge on any atom is -0.346 e. The van der Waals surface area contributed by atoms with Crippen LogP contribution in [0.2, 0.25) is 0 Å². The third-order valence-corrected chi connectivity index (χ3v) is 5.38. The Balaban J connectivity index is 1.66. The normalized spacial score (nSPS) is 13.2. The van der Waals surface area contributed by atoms with Gasteiger partial charge in [-0.25, -0.2) is 0 Å². The van der Waals surface area contributed by atoms with Crippen molar-refractivity contribution in [3.05, 3.63) is 83.3 Å². The molecule has 1 amide bonds. The number of hydrogen-bond acceptors (Lipinski definition) is 6. The molecule has 1 aromatic carbocycles. The van der Waals surface area contributed by atoms with Crippen molar-refractivity contribution in [2.75, 3.05) is 11.4 Å². The highest BCUT2D eigenvalue weighted by molar-refractivity contribution is 5.97. The highest BCUT2D eigenvalue weighted by atomic mass is 16.1. The van der Waals surface area contributed by atoms with Crippen LogP contribution in [0.4, 0.5) is 5.69 Å². The Labute approximate surface area is 194 Å². The van der Waals surface area contributed by atoms with Gasteiger partial charge in [0.05, 0.1) is 42.1 Å². The molecule has 3 aromatic rings. The third kappa shape index (κ3) is 5.49. The minimum absolute atomic E-state index is 0.175. The third-order valence-electron chi connectivity index (χ3n) is 5.38. The number of pyridine rings is 1. The second-order valence-corrected chi connectivity index (χ2v) is 8.49. The average Bonchev–Trinajstić information content (AvgIpc) is 2.83. The zero-order valence-corrected chi connectivity index (χ0v) is 19.4. The number of amides is 1. The quantitative estimate of drug-likeness (QED) is 0.611. The van der Waals surface area contributed by atoms with Gasteiger partial charge in [0.1, 0.15) is 0 Å². The number of carbonyl (C=O) groups is 1. The molecule has 0 bridgehead atoms. The maximum atomic E-state index is 13.1. The molecule has 0 radical (unpaired) electrons. The fourth-order valence-corrected chi connectivity index (χ4v) is 3.44. The van der Waals surface area contributed by atoms with Crippen molar-refractivity contribution in [1.82, 2.24) is 20.3 Å². The molecule has 1 aliphatic rings. The summed E-state index contributed by atoms with van der Waals surface area (Å²) in [6.07, 6.45) is 9.17. The Morgan fingerprint density at radius 1 is 1.06 bits per heavy atom. The summed E-state index contributed by atoms with van der Waals surface area (Å²) in [6.45, 7) is 9.07. The van der Waals surface area contributed by atoms with Gasteiger partial charge in [0.15, 0.2) is 0 Å². The van der Waals surface area contributed by atoms with E-state index in [0.29, 0.717) is 30.3 Å². The number of hydrogen-bond donors (Lipinski definition) is 1. The summed E-state index contributed by atoms with van der Waals surface area (Å²) in [5.41, 5.74) is 6.82. The van der Waals surface area contributed by atoms with E-state index in [2.05, 4.69) is 56.3 Å². The highest BCUT2D eigenvalue weighted by Gasteiger charge is 2.16. The van der Waals surface area contributed by atoms with Gasteiger partial charge >= 0.3 is 0 Å². The molecule has 7 heteroatoms. The number of carbonyl (C=O) groups excluding carboxylic acids is 1. The molecule has 3 heterocycles. The zero-order chi connectivity index (χ0) is 23.4. The van der Waals surface area contributed by atoms with E-state index in [9.17, 15) is 4.79 Å². The van der Waals surface area contributed by atoms with Crippen LogP contribution in [-0.4, -0.2) is 33.6 Å². The number of aryl methyl sites for hydroxylation is 2. The van der Waals surface area contributed by atoms with E-state index in [4.69, 9.17) is 0 Å². The number of aliphatic imine (C=N–C) groups is 1. The Kier molecular flexibility index (Phi) is 6.58. The van der Waals surface area contributed by atoms with Gasteiger partial charge in [-0.2, -0.15) is 0 Å². The lowest BCUT2D eigenvalue weighted by Gasteiger charge is -2.25. The Bertz CT molecular complexity index is 1200. The van der Waals surface area contributed by atoms with Crippen molar-refractivity contribution in [3.8, 4) is 11.3 Å². The van der Waals surface area contributed by atoms with Gasteiger partial charge in [0.25, 0.3) is 5.91 Å². The highest BCUT2D eigenvalue weighted by Crippen LogP contribution is 2.28. The van der Waals surface area contributed by atoms with Crippen molar-refractivity contribution in [3.63, 3.8) is 0 Å². The molecule has 0 saturated carbocycles. The first-order chi connectivity index (χ1) is 15.9. The second-order valence-electron chi connectivity index (χ2n) is 8.49. The van der Waals surface area contributed by atoms with Gasteiger partial charge in [-0.05, 0) is 49.6 Å². The van der Waals surface area contributed by atoms with Gasteiger partial charge in [0, 0.05) is 41.6 Å². The van der Waals surface area contributed by atoms with E-state index in [1.165, 1.54) is 0 Å². The molecule has 7 nitrogen and oxygen atoms in total. The molecule has 0 fully saturated rings. The lowest BCUT2D eigenvalue weighted by atomic mass is 10.0. The number of allylic oxidation sites excluding steroid dienone is 1. The van der Waals surface area contributed by atoms with Crippen LogP contribution in [0.3, 0.4) is 0 Å². The summed E-state index contributed by atoms with van der Waals surface area (Å²) in [5, 5.41) is 2.96. The molecule has 33 heavy (non-hydrogen) atoms. The molecule has 2 aromatic heterocycles. The SMILES string of the molecule is Cc1ccc(-c2cc(C(=O)NCc3cnc(C)cn3)cc(N3C=C(C(C)C)N=CC3)c2)nc1. The molecule has 0 saturated heterocycles. The maximum absolute atomic E-state index is 13.1. The van der Waals surface area contributed by atoms with Gasteiger partial charge in [-0.3, -0.25) is 24.7 Å². The van der Waals surface area contributed by atoms with Crippen molar-refractivity contribution >= 4 is 17.8 Å². The number of nitrogens with zero attached hydrogens (tertiary/aromatic N) is 5. The van der Waals surface area contributed by atoms with E-state index in [1.807, 2.05) is 50.5 Å². The van der Waals surface area contributed by atoms with Crippen molar-refractivity contribution in [2.24, 2.45) is 10.9 Å². The first kappa shape index (κ1) is 22.3. The maximum Gasteiger partial charge on any atom is 0.251 e. The molecule has 1 N–H and O–H groups in total. The lowest BCUT2D eigenvalue weighted by molar-refractivity contribution is 0.0950. The predicted octanol–water partition coefficient (Wildman–Crippen LogP) is 4.47. The molecule has 0 aliphatic carbocycles. The monoisotopic (exact) mass is 440 g/mol. The van der Waals surface area contributed by atoms with E-state index in [-0.39, 0.29) is 5.91 Å². The first-order valence-electron chi connectivity index (χ1n) is 11.0. The Morgan fingerprint density at radius 3 is 2.61 bits per heavy atom. The van der Waals surface area contributed by atoms with Gasteiger partial charge < -0.3 is 10.2 Å². The van der Waals surface area contributed by atoms with Crippen LogP contribution in [0.15, 0.2) is 65.8 Å². The van der Waals surface area contributed by atoms with Crippen LogP contribution >= 0.6 is 0 Å². The summed E-state index contributed by atoms with van der Waals surface area (Å²) in [5.74, 6) is 0.135. The van der Waals surface area contributed by atoms with Crippen molar-refractivity contribution in [1.29, 1.82) is 0 Å². The number of nitrogens with one attached hydrogen (secondary N) is 1. The minimum atomic E-state index is -0.175. The van der Waals surface area contributed by atoms with E-state index >= 15 is 0 Å². The van der Waals surface area contributed by atoms with Crippen molar-refractivity contribution in [2.45, 2.75) is 34.2 Å². The molecular formula is C26H28N6O. The smallest absolute Gasteiger partial charge is 0.251 e. The van der Waals surface area contributed by atoms with Crippen LogP contribution in [0.5, 0.6) is 0 Å². The molecule has 4 rings (SSSR count). The second kappa shape index (κ2) is 9.73. The first-order valence-corrected chi connectivity index (χ1v) is 11.0. The molecule has 0 unspecified atom stereocenters. The zero-order valence-electron chi connectivity index (χ0n) is 19.4. The molecular weight excluding hydrogens is 412 g/mol. The summed E-state index contributed by atoms with van der Waals surface area (Å²) in [4.78, 5) is 32.8. The van der Waals surface area contributed by atoms with Crippen LogP contribution in [0.1, 0.15) is 41.2 Å². The molecule has 0 atom stereocenters. The molecule has 0 spiro atoms. The van der Waals surface area contributed by atoms with Gasteiger partial charge in [-0.15, -0.1) is 0 Å². The average molecular weight is 441 g/mol. The largest absolute Gasteiger partial charge is 0.346 e. The Hall–Kier alpha value is -3.87. The predicted molar refractivity (Wildman–Crippen MR) is 131 cm³/mol. The van der Waals surface area contributed by atoms with Crippen LogP contribution < -0.4 is 10.2 Å². The number of benzene rings is 1. The fourth-order valence-electron chi connectivity index (χ4n) is 3.44. The Morgan fingerprint density at radius 2 is 1.91 bits per heavy atom.